The minimum atomic E-state index is -0.748. The third-order valence-electron chi connectivity index (χ3n) is 4.80. The number of pyridine rings is 1. The van der Waals surface area contributed by atoms with Crippen molar-refractivity contribution in [2.45, 2.75) is 58.4 Å². The minimum Gasteiger partial charge on any atom is -0.481 e. The maximum Gasteiger partial charge on any atom is 0.306 e. The molecule has 0 unspecified atom stereocenters. The van der Waals surface area contributed by atoms with Crippen molar-refractivity contribution in [2.75, 3.05) is 0 Å². The number of carboxylic acids is 1. The van der Waals surface area contributed by atoms with Gasteiger partial charge in [0.25, 0.3) is 11.6 Å². The van der Waals surface area contributed by atoms with Gasteiger partial charge in [0.2, 0.25) is 0 Å². The molecule has 7 nitrogen and oxygen atoms in total. The quantitative estimate of drug-likeness (QED) is 0.882. The van der Waals surface area contributed by atoms with Gasteiger partial charge in [0.15, 0.2) is 0 Å². The summed E-state index contributed by atoms with van der Waals surface area (Å²) in [4.78, 5) is 28.2. The van der Waals surface area contributed by atoms with E-state index in [2.05, 4.69) is 15.5 Å². The molecular formula is C18H23N3O4. The Morgan fingerprint density at radius 3 is 2.56 bits per heavy atom. The highest BCUT2D eigenvalue weighted by molar-refractivity contribution is 6.06. The van der Waals surface area contributed by atoms with Crippen LogP contribution in [0.15, 0.2) is 10.6 Å². The third kappa shape index (κ3) is 3.50. The molecule has 0 aromatic carbocycles. The number of hydrogen-bond acceptors (Lipinski definition) is 5. The van der Waals surface area contributed by atoms with Crippen molar-refractivity contribution in [1.29, 1.82) is 0 Å². The van der Waals surface area contributed by atoms with E-state index >= 15 is 0 Å². The van der Waals surface area contributed by atoms with Crippen molar-refractivity contribution < 1.29 is 19.2 Å². The number of aromatic nitrogens is 2. The van der Waals surface area contributed by atoms with Crippen LogP contribution < -0.4 is 5.32 Å². The number of carbonyl (C=O) groups excluding carboxylic acids is 1. The van der Waals surface area contributed by atoms with Gasteiger partial charge in [-0.05, 0) is 44.6 Å². The predicted molar refractivity (Wildman–Crippen MR) is 91.5 cm³/mol. The second-order valence-electron chi connectivity index (χ2n) is 7.07. The first-order valence-electron chi connectivity index (χ1n) is 8.67. The van der Waals surface area contributed by atoms with E-state index in [9.17, 15) is 9.59 Å². The minimum absolute atomic E-state index is 0.00557. The number of nitrogens with one attached hydrogen (secondary N) is 1. The van der Waals surface area contributed by atoms with Gasteiger partial charge in [0, 0.05) is 11.7 Å². The second-order valence-corrected chi connectivity index (χ2v) is 7.07. The summed E-state index contributed by atoms with van der Waals surface area (Å²) in [5, 5.41) is 16.9. The number of amides is 1. The molecule has 134 valence electrons. The molecule has 2 aromatic rings. The number of carboxylic acid groups (broad SMARTS) is 1. The number of rotatable bonds is 4. The number of aryl methyl sites for hydroxylation is 1. The summed E-state index contributed by atoms with van der Waals surface area (Å²) < 4.78 is 5.31. The summed E-state index contributed by atoms with van der Waals surface area (Å²) in [6, 6.07) is 1.75. The average Bonchev–Trinajstić information content (AvgIpc) is 2.98. The Hall–Kier alpha value is -2.44. The zero-order valence-corrected chi connectivity index (χ0v) is 14.7. The van der Waals surface area contributed by atoms with Gasteiger partial charge in [-0.3, -0.25) is 9.59 Å². The SMILES string of the molecule is Cc1cc(C(=O)NC2CCC(C(=O)O)CC2)c2c(C(C)C)noc2n1. The van der Waals surface area contributed by atoms with Crippen molar-refractivity contribution >= 4 is 23.0 Å². The molecule has 0 aliphatic heterocycles. The van der Waals surface area contributed by atoms with Gasteiger partial charge in [0.05, 0.1) is 22.6 Å². The van der Waals surface area contributed by atoms with Gasteiger partial charge >= 0.3 is 5.97 Å². The fourth-order valence-corrected chi connectivity index (χ4v) is 3.42. The number of fused-ring (bicyclic) bond motifs is 1. The Kier molecular flexibility index (Phi) is 4.74. The summed E-state index contributed by atoms with van der Waals surface area (Å²) in [5.41, 5.74) is 2.32. The lowest BCUT2D eigenvalue weighted by Gasteiger charge is -2.27. The lowest BCUT2D eigenvalue weighted by atomic mass is 9.86. The molecule has 7 heteroatoms. The molecule has 1 amide bonds. The van der Waals surface area contributed by atoms with Crippen LogP contribution in [0.3, 0.4) is 0 Å². The van der Waals surface area contributed by atoms with E-state index in [1.54, 1.807) is 6.07 Å². The fraction of sp³-hybridized carbons (Fsp3) is 0.556. The van der Waals surface area contributed by atoms with Gasteiger partial charge in [-0.15, -0.1) is 0 Å². The Bertz CT molecular complexity index is 804. The zero-order chi connectivity index (χ0) is 18.1. The summed E-state index contributed by atoms with van der Waals surface area (Å²) in [6.45, 7) is 5.80. The molecule has 2 N–H and O–H groups in total. The monoisotopic (exact) mass is 345 g/mol. The number of aliphatic carboxylic acids is 1. The number of nitrogens with zero attached hydrogens (tertiary/aromatic N) is 2. The molecule has 1 fully saturated rings. The number of hydrogen-bond donors (Lipinski definition) is 2. The molecule has 1 aliphatic rings. The van der Waals surface area contributed by atoms with E-state index in [1.807, 2.05) is 20.8 Å². The maximum absolute atomic E-state index is 12.8. The van der Waals surface area contributed by atoms with E-state index in [0.29, 0.717) is 48.0 Å². The normalized spacial score (nSPS) is 20.8. The standard InChI is InChI=1S/C18H23N3O4/c1-9(2)15-14-13(8-10(3)19-17(14)25-21-15)16(22)20-12-6-4-11(5-7-12)18(23)24/h8-9,11-12H,4-7H2,1-3H3,(H,20,22)(H,23,24). The third-order valence-corrected chi connectivity index (χ3v) is 4.80. The van der Waals surface area contributed by atoms with Gasteiger partial charge < -0.3 is 14.9 Å². The molecule has 3 rings (SSSR count). The van der Waals surface area contributed by atoms with E-state index in [4.69, 9.17) is 9.63 Å². The molecule has 2 heterocycles. The first-order valence-corrected chi connectivity index (χ1v) is 8.67. The first-order chi connectivity index (χ1) is 11.9. The molecular weight excluding hydrogens is 322 g/mol. The molecule has 0 atom stereocenters. The summed E-state index contributed by atoms with van der Waals surface area (Å²) in [5.74, 6) is -1.11. The highest BCUT2D eigenvalue weighted by atomic mass is 16.5. The molecule has 1 aliphatic carbocycles. The summed E-state index contributed by atoms with van der Waals surface area (Å²) in [6.07, 6.45) is 2.54. The van der Waals surface area contributed by atoms with Crippen LogP contribution in [0.25, 0.3) is 11.1 Å². The molecule has 0 spiro atoms. The highest BCUT2D eigenvalue weighted by Gasteiger charge is 2.28. The van der Waals surface area contributed by atoms with Gasteiger partial charge in [-0.25, -0.2) is 4.98 Å². The molecule has 25 heavy (non-hydrogen) atoms. The molecule has 0 bridgehead atoms. The second kappa shape index (κ2) is 6.82. The van der Waals surface area contributed by atoms with Crippen molar-refractivity contribution in [3.63, 3.8) is 0 Å². The summed E-state index contributed by atoms with van der Waals surface area (Å²) >= 11 is 0. The van der Waals surface area contributed by atoms with Crippen molar-refractivity contribution in [2.24, 2.45) is 5.92 Å². The maximum atomic E-state index is 12.8. The number of carbonyl (C=O) groups is 2. The van der Waals surface area contributed by atoms with Gasteiger partial charge in [-0.2, -0.15) is 0 Å². The predicted octanol–water partition coefficient (Wildman–Crippen LogP) is 3.03. The van der Waals surface area contributed by atoms with Gasteiger partial charge in [0.1, 0.15) is 0 Å². The van der Waals surface area contributed by atoms with Crippen LogP contribution in [0.4, 0.5) is 0 Å². The van der Waals surface area contributed by atoms with E-state index in [0.717, 1.165) is 5.69 Å². The Balaban J connectivity index is 1.83. The molecule has 2 aromatic heterocycles. The smallest absolute Gasteiger partial charge is 0.306 e. The zero-order valence-electron chi connectivity index (χ0n) is 14.7. The van der Waals surface area contributed by atoms with Gasteiger partial charge in [-0.1, -0.05) is 19.0 Å². The molecule has 1 saturated carbocycles. The van der Waals surface area contributed by atoms with Crippen LogP contribution in [-0.2, 0) is 4.79 Å². The van der Waals surface area contributed by atoms with Crippen molar-refractivity contribution in [3.8, 4) is 0 Å². The van der Waals surface area contributed by atoms with Crippen LogP contribution in [-0.4, -0.2) is 33.2 Å². The van der Waals surface area contributed by atoms with E-state index in [1.165, 1.54) is 0 Å². The van der Waals surface area contributed by atoms with Crippen LogP contribution in [0.5, 0.6) is 0 Å². The first kappa shape index (κ1) is 17.4. The Labute approximate surface area is 145 Å². The van der Waals surface area contributed by atoms with Crippen LogP contribution in [0.2, 0.25) is 0 Å². The molecule has 0 radical (unpaired) electrons. The lowest BCUT2D eigenvalue weighted by Crippen LogP contribution is -2.38. The van der Waals surface area contributed by atoms with Crippen LogP contribution in [0, 0.1) is 12.8 Å². The Morgan fingerprint density at radius 1 is 1.28 bits per heavy atom. The molecule has 0 saturated heterocycles. The highest BCUT2D eigenvalue weighted by Crippen LogP contribution is 2.29. The average molecular weight is 345 g/mol. The van der Waals surface area contributed by atoms with E-state index < -0.39 is 5.97 Å². The van der Waals surface area contributed by atoms with Crippen LogP contribution in [0.1, 0.15) is 67.2 Å². The largest absolute Gasteiger partial charge is 0.481 e. The fourth-order valence-electron chi connectivity index (χ4n) is 3.42. The van der Waals surface area contributed by atoms with Crippen molar-refractivity contribution in [3.05, 3.63) is 23.0 Å². The van der Waals surface area contributed by atoms with E-state index in [-0.39, 0.29) is 23.8 Å². The summed E-state index contributed by atoms with van der Waals surface area (Å²) in [7, 11) is 0. The lowest BCUT2D eigenvalue weighted by molar-refractivity contribution is -0.142. The van der Waals surface area contributed by atoms with Crippen molar-refractivity contribution in [1.82, 2.24) is 15.5 Å². The Morgan fingerprint density at radius 2 is 1.96 bits per heavy atom. The topological polar surface area (TPSA) is 105 Å². The van der Waals surface area contributed by atoms with Crippen LogP contribution >= 0.6 is 0 Å².